The summed E-state index contributed by atoms with van der Waals surface area (Å²) in [6.45, 7) is 21.5. The van der Waals surface area contributed by atoms with E-state index in [1.54, 1.807) is 4.90 Å². The molecule has 290 valence electrons. The molecular weight excluding hydrogens is 664 g/mol. The number of hydrogen-bond acceptors (Lipinski definition) is 7. The first kappa shape index (κ1) is 39.7. The fourth-order valence-electron chi connectivity index (χ4n) is 8.66. The molecule has 3 saturated carbocycles. The number of carbonyl (C=O) groups excluding carboxylic acids is 7. The molecule has 0 aromatic rings. The van der Waals surface area contributed by atoms with Gasteiger partial charge in [0.1, 0.15) is 17.6 Å². The number of imide groups is 1. The molecular formula is C39H62N6O7. The van der Waals surface area contributed by atoms with Gasteiger partial charge in [0.15, 0.2) is 0 Å². The number of amides is 7. The molecule has 5 aliphatic rings. The van der Waals surface area contributed by atoms with Gasteiger partial charge in [0.2, 0.25) is 29.4 Å². The summed E-state index contributed by atoms with van der Waals surface area (Å²) in [6.07, 6.45) is 3.70. The van der Waals surface area contributed by atoms with Gasteiger partial charge < -0.3 is 26.2 Å². The number of nitrogens with one attached hydrogen (secondary N) is 4. The van der Waals surface area contributed by atoms with Crippen LogP contribution in [0.15, 0.2) is 0 Å². The van der Waals surface area contributed by atoms with Crippen LogP contribution in [0.2, 0.25) is 0 Å². The van der Waals surface area contributed by atoms with Gasteiger partial charge in [0.05, 0.1) is 6.04 Å². The third-order valence-corrected chi connectivity index (χ3v) is 12.5. The molecule has 0 bridgehead atoms. The largest absolute Gasteiger partial charge is 0.347 e. The predicted molar refractivity (Wildman–Crippen MR) is 194 cm³/mol. The molecule has 52 heavy (non-hydrogen) atoms. The van der Waals surface area contributed by atoms with Gasteiger partial charge in [0, 0.05) is 32.0 Å². The summed E-state index contributed by atoms with van der Waals surface area (Å²) < 4.78 is 0. The van der Waals surface area contributed by atoms with Crippen LogP contribution in [0.3, 0.4) is 0 Å². The molecule has 0 aromatic carbocycles. The monoisotopic (exact) mass is 726 g/mol. The van der Waals surface area contributed by atoms with E-state index in [1.807, 2.05) is 62.3 Å². The number of urea groups is 1. The van der Waals surface area contributed by atoms with E-state index in [9.17, 15) is 33.6 Å². The maximum absolute atomic E-state index is 14.6. The number of piperidine rings is 2. The first-order chi connectivity index (χ1) is 23.8. The Morgan fingerprint density at radius 3 is 1.94 bits per heavy atom. The van der Waals surface area contributed by atoms with Gasteiger partial charge in [0.25, 0.3) is 5.91 Å². The molecule has 2 heterocycles. The van der Waals surface area contributed by atoms with Gasteiger partial charge in [-0.15, -0.1) is 0 Å². The summed E-state index contributed by atoms with van der Waals surface area (Å²) in [5, 5.41) is 11.6. The van der Waals surface area contributed by atoms with Crippen molar-refractivity contribution in [2.45, 2.75) is 151 Å². The third-order valence-electron chi connectivity index (χ3n) is 12.5. The molecule has 0 spiro atoms. The molecule has 0 unspecified atom stereocenters. The summed E-state index contributed by atoms with van der Waals surface area (Å²) in [5.41, 5.74) is -3.24. The molecule has 2 saturated heterocycles. The average molecular weight is 727 g/mol. The van der Waals surface area contributed by atoms with Crippen molar-refractivity contribution in [1.82, 2.24) is 31.1 Å². The lowest BCUT2D eigenvalue weighted by Crippen LogP contribution is -2.68. The minimum atomic E-state index is -1.31. The van der Waals surface area contributed by atoms with Crippen LogP contribution in [0.25, 0.3) is 0 Å². The highest BCUT2D eigenvalue weighted by Gasteiger charge is 2.70. The Morgan fingerprint density at radius 2 is 1.44 bits per heavy atom. The second kappa shape index (κ2) is 13.4. The zero-order chi connectivity index (χ0) is 38.9. The molecule has 0 radical (unpaired) electrons. The van der Waals surface area contributed by atoms with Gasteiger partial charge in [-0.05, 0) is 65.1 Å². The number of rotatable bonds is 11. The zero-order valence-corrected chi connectivity index (χ0v) is 33.2. The standard InChI is InChI=1S/C39H62N6O7/c1-12-21-15-39(16-21,30(48)32(50)40-22-13-14-22)43-31(49)28-27-23(38(27,10)11)19-45(28)33(51)29(36(5,6)7)42-34(52)41-24(35(2,3)4)20-44-25(46)17-37(8,9)18-26(44)47/h21-24,27-29H,12-20H2,1-11H3,(H,40,50)(H,43,49)(H2,41,42,52)/t21?,23-,24+,27-,28-,29+,39?/m0/s1. The van der Waals surface area contributed by atoms with Crippen LogP contribution in [0.4, 0.5) is 4.79 Å². The van der Waals surface area contributed by atoms with Crippen LogP contribution in [0, 0.1) is 39.4 Å². The Hall–Kier alpha value is -3.51. The van der Waals surface area contributed by atoms with Crippen LogP contribution in [0.5, 0.6) is 0 Å². The average Bonchev–Trinajstić information content (AvgIpc) is 3.83. The van der Waals surface area contributed by atoms with Crippen molar-refractivity contribution in [3.05, 3.63) is 0 Å². The summed E-state index contributed by atoms with van der Waals surface area (Å²) in [7, 11) is 0. The Kier molecular flexibility index (Phi) is 10.2. The molecule has 5 fully saturated rings. The maximum Gasteiger partial charge on any atom is 0.315 e. The van der Waals surface area contributed by atoms with Gasteiger partial charge in [-0.1, -0.05) is 82.6 Å². The van der Waals surface area contributed by atoms with Crippen LogP contribution >= 0.6 is 0 Å². The van der Waals surface area contributed by atoms with E-state index in [1.165, 1.54) is 4.90 Å². The fraction of sp³-hybridized carbons (Fsp3) is 0.821. The lowest BCUT2D eigenvalue weighted by atomic mass is 9.64. The zero-order valence-electron chi connectivity index (χ0n) is 33.2. The molecule has 7 amide bonds. The minimum absolute atomic E-state index is 0.00193. The third kappa shape index (κ3) is 7.88. The smallest absolute Gasteiger partial charge is 0.315 e. The number of Topliss-reactive ketones (excluding diaryl/α,β-unsaturated/α-hetero) is 1. The highest BCUT2D eigenvalue weighted by molar-refractivity contribution is 6.40. The van der Waals surface area contributed by atoms with E-state index in [0.29, 0.717) is 19.4 Å². The van der Waals surface area contributed by atoms with E-state index < -0.39 is 69.4 Å². The summed E-state index contributed by atoms with van der Waals surface area (Å²) in [5.74, 6) is -2.59. The van der Waals surface area contributed by atoms with E-state index in [0.717, 1.165) is 19.3 Å². The molecule has 0 aromatic heterocycles. The molecule has 4 N–H and O–H groups in total. The highest BCUT2D eigenvalue weighted by atomic mass is 16.2. The van der Waals surface area contributed by atoms with Crippen molar-refractivity contribution in [3.63, 3.8) is 0 Å². The van der Waals surface area contributed by atoms with Crippen molar-refractivity contribution in [2.75, 3.05) is 13.1 Å². The van der Waals surface area contributed by atoms with Gasteiger partial charge >= 0.3 is 6.03 Å². The topological polar surface area (TPSA) is 174 Å². The Balaban J connectivity index is 1.33. The van der Waals surface area contributed by atoms with Gasteiger partial charge in [-0.25, -0.2) is 4.79 Å². The van der Waals surface area contributed by atoms with Gasteiger partial charge in [-0.3, -0.25) is 33.7 Å². The molecule has 13 nitrogen and oxygen atoms in total. The Labute approximate surface area is 308 Å². The molecule has 5 atom stereocenters. The molecule has 2 aliphatic heterocycles. The summed E-state index contributed by atoms with van der Waals surface area (Å²) in [6, 6.07) is -3.14. The normalized spacial score (nSPS) is 30.4. The van der Waals surface area contributed by atoms with E-state index in [4.69, 9.17) is 0 Å². The highest BCUT2D eigenvalue weighted by Crippen LogP contribution is 2.65. The van der Waals surface area contributed by atoms with Crippen molar-refractivity contribution in [3.8, 4) is 0 Å². The number of fused-ring (bicyclic) bond motifs is 1. The minimum Gasteiger partial charge on any atom is -0.347 e. The number of carbonyl (C=O) groups is 7. The second-order valence-corrected chi connectivity index (χ2v) is 20.0. The van der Waals surface area contributed by atoms with Crippen LogP contribution in [-0.4, -0.2) is 93.9 Å². The summed E-state index contributed by atoms with van der Waals surface area (Å²) >= 11 is 0. The number of likely N-dealkylation sites (tertiary alicyclic amines) is 2. The SMILES string of the molecule is CCC1CC(NC(=O)[C@@H]2[C@@H]3[C@H](CN2C(=O)[C@@H](NC(=O)N[C@H](CN2C(=O)CC(C)(C)CC2=O)C(C)(C)C)C(C)(C)C)C3(C)C)(C(=O)C(=O)NC2CC2)C1. The van der Waals surface area contributed by atoms with Crippen molar-refractivity contribution in [2.24, 2.45) is 39.4 Å². The summed E-state index contributed by atoms with van der Waals surface area (Å²) in [4.78, 5) is 97.9. The van der Waals surface area contributed by atoms with Crippen molar-refractivity contribution >= 4 is 41.4 Å². The molecule has 3 aliphatic carbocycles. The van der Waals surface area contributed by atoms with Crippen LogP contribution in [0.1, 0.15) is 121 Å². The van der Waals surface area contributed by atoms with E-state index >= 15 is 0 Å². The quantitative estimate of drug-likeness (QED) is 0.187. The maximum atomic E-state index is 14.6. The number of nitrogens with zero attached hydrogens (tertiary/aromatic N) is 2. The van der Waals surface area contributed by atoms with Crippen molar-refractivity contribution in [1.29, 1.82) is 0 Å². The fourth-order valence-corrected chi connectivity index (χ4v) is 8.66. The first-order valence-electron chi connectivity index (χ1n) is 19.2. The number of hydrogen-bond donors (Lipinski definition) is 4. The predicted octanol–water partition coefficient (Wildman–Crippen LogP) is 3.30. The molecule has 13 heteroatoms. The Bertz CT molecular complexity index is 1490. The Morgan fingerprint density at radius 1 is 0.865 bits per heavy atom. The van der Waals surface area contributed by atoms with E-state index in [2.05, 4.69) is 35.1 Å². The van der Waals surface area contributed by atoms with E-state index in [-0.39, 0.29) is 60.4 Å². The first-order valence-corrected chi connectivity index (χ1v) is 19.2. The van der Waals surface area contributed by atoms with Crippen molar-refractivity contribution < 1.29 is 33.6 Å². The lowest BCUT2D eigenvalue weighted by molar-refractivity contribution is -0.153. The molecule has 5 rings (SSSR count). The lowest BCUT2D eigenvalue weighted by Gasteiger charge is -2.47. The van der Waals surface area contributed by atoms with Gasteiger partial charge in [-0.2, -0.15) is 0 Å². The second-order valence-electron chi connectivity index (χ2n) is 20.0. The van der Waals surface area contributed by atoms with Crippen LogP contribution < -0.4 is 21.3 Å². The number of ketones is 1. The van der Waals surface area contributed by atoms with Crippen LogP contribution in [-0.2, 0) is 28.8 Å².